The molecule has 0 atom stereocenters. The van der Waals surface area contributed by atoms with Crippen LogP contribution < -0.4 is 10.2 Å². The first kappa shape index (κ1) is 20.4. The highest BCUT2D eigenvalue weighted by molar-refractivity contribution is 6.32. The molecule has 7 heteroatoms. The second-order valence-corrected chi connectivity index (χ2v) is 8.34. The number of halogens is 2. The van der Waals surface area contributed by atoms with E-state index in [1.807, 2.05) is 54.7 Å². The normalized spacial score (nSPS) is 15.1. The number of para-hydroxylation sites is 1. The summed E-state index contributed by atoms with van der Waals surface area (Å²) < 4.78 is 2.11. The zero-order valence-corrected chi connectivity index (χ0v) is 18.3. The van der Waals surface area contributed by atoms with Crippen LogP contribution in [0.2, 0.25) is 10.0 Å². The van der Waals surface area contributed by atoms with Gasteiger partial charge in [-0.3, -0.25) is 4.79 Å². The fourth-order valence-corrected chi connectivity index (χ4v) is 4.16. The molecule has 158 valence electrons. The molecule has 0 unspecified atom stereocenters. The van der Waals surface area contributed by atoms with Gasteiger partial charge in [-0.05, 0) is 48.0 Å². The summed E-state index contributed by atoms with van der Waals surface area (Å²) in [6, 6.07) is 21.8. The minimum Gasteiger partial charge on any atom is -0.342 e. The minimum atomic E-state index is -0.506. The molecule has 5 rings (SSSR count). The predicted octanol–water partition coefficient (Wildman–Crippen LogP) is 6.09. The highest BCUT2D eigenvalue weighted by Crippen LogP contribution is 2.28. The number of benzene rings is 3. The average molecular weight is 462 g/mol. The number of hydrogen-bond donors (Lipinski definition) is 1. The fourth-order valence-electron chi connectivity index (χ4n) is 3.85. The van der Waals surface area contributed by atoms with Gasteiger partial charge in [0, 0.05) is 39.3 Å². The Morgan fingerprint density at radius 3 is 2.44 bits per heavy atom. The number of carbonyl (C=O) groups excluding carboxylic acids is 2. The molecule has 1 aliphatic rings. The Morgan fingerprint density at radius 1 is 0.875 bits per heavy atom. The Kier molecular flexibility index (Phi) is 5.21. The molecule has 0 saturated carbocycles. The number of fused-ring (bicyclic) bond motifs is 1. The number of nitrogens with one attached hydrogen (secondary N) is 1. The summed E-state index contributed by atoms with van der Waals surface area (Å²) in [4.78, 5) is 26.6. The minimum absolute atomic E-state index is 0.212. The van der Waals surface area contributed by atoms with Crippen molar-refractivity contribution in [3.63, 3.8) is 0 Å². The van der Waals surface area contributed by atoms with Crippen molar-refractivity contribution in [2.75, 3.05) is 4.90 Å². The van der Waals surface area contributed by atoms with E-state index < -0.39 is 11.9 Å². The number of amides is 3. The fraction of sp³-hybridized carbons (Fsp3) is 0.0400. The summed E-state index contributed by atoms with van der Waals surface area (Å²) in [7, 11) is 0. The molecule has 3 aromatic carbocycles. The molecule has 1 aromatic heterocycles. The van der Waals surface area contributed by atoms with Gasteiger partial charge in [-0.1, -0.05) is 59.6 Å². The first-order valence-electron chi connectivity index (χ1n) is 9.94. The number of urea groups is 1. The van der Waals surface area contributed by atoms with Crippen LogP contribution in [-0.2, 0) is 11.3 Å². The van der Waals surface area contributed by atoms with Crippen LogP contribution in [-0.4, -0.2) is 16.5 Å². The van der Waals surface area contributed by atoms with E-state index in [1.165, 1.54) is 0 Å². The Labute approximate surface area is 194 Å². The maximum Gasteiger partial charge on any atom is 0.333 e. The first-order valence-corrected chi connectivity index (χ1v) is 10.7. The van der Waals surface area contributed by atoms with Crippen LogP contribution in [0.4, 0.5) is 10.5 Å². The third-order valence-corrected chi connectivity index (χ3v) is 5.82. The van der Waals surface area contributed by atoms with Crippen LogP contribution in [0.15, 0.2) is 84.7 Å². The lowest BCUT2D eigenvalue weighted by molar-refractivity contribution is -0.113. The Balaban J connectivity index is 1.52. The second kappa shape index (κ2) is 8.19. The number of carbonyl (C=O) groups is 2. The Hall–Kier alpha value is -3.54. The first-order chi connectivity index (χ1) is 15.5. The Morgan fingerprint density at radius 2 is 1.66 bits per heavy atom. The van der Waals surface area contributed by atoms with Crippen molar-refractivity contribution < 1.29 is 9.59 Å². The molecule has 0 aliphatic carbocycles. The van der Waals surface area contributed by atoms with Crippen molar-refractivity contribution in [1.82, 2.24) is 9.88 Å². The number of rotatable bonds is 4. The molecule has 1 N–H and O–H groups in total. The third-order valence-electron chi connectivity index (χ3n) is 5.33. The van der Waals surface area contributed by atoms with E-state index in [9.17, 15) is 9.59 Å². The monoisotopic (exact) mass is 461 g/mol. The van der Waals surface area contributed by atoms with E-state index in [2.05, 4.69) is 9.88 Å². The van der Waals surface area contributed by atoms with E-state index >= 15 is 0 Å². The molecule has 5 nitrogen and oxygen atoms in total. The zero-order valence-electron chi connectivity index (χ0n) is 16.8. The molecule has 32 heavy (non-hydrogen) atoms. The van der Waals surface area contributed by atoms with Crippen LogP contribution in [0.5, 0.6) is 0 Å². The molecule has 1 saturated heterocycles. The van der Waals surface area contributed by atoms with E-state index in [0.29, 0.717) is 22.3 Å². The maximum atomic E-state index is 13.0. The number of nitrogens with zero attached hydrogens (tertiary/aromatic N) is 2. The molecular formula is C25H17Cl2N3O2. The van der Waals surface area contributed by atoms with Gasteiger partial charge in [0.05, 0.1) is 5.69 Å². The topological polar surface area (TPSA) is 54.3 Å². The van der Waals surface area contributed by atoms with Crippen molar-refractivity contribution in [2.45, 2.75) is 6.54 Å². The van der Waals surface area contributed by atoms with Crippen molar-refractivity contribution in [1.29, 1.82) is 0 Å². The molecule has 0 spiro atoms. The molecule has 2 heterocycles. The van der Waals surface area contributed by atoms with Crippen LogP contribution in [0, 0.1) is 0 Å². The summed E-state index contributed by atoms with van der Waals surface area (Å²) >= 11 is 12.0. The smallest absolute Gasteiger partial charge is 0.333 e. The zero-order chi connectivity index (χ0) is 22.2. The quantitative estimate of drug-likeness (QED) is 0.295. The van der Waals surface area contributed by atoms with Gasteiger partial charge in [0.1, 0.15) is 5.70 Å². The van der Waals surface area contributed by atoms with Gasteiger partial charge in [-0.15, -0.1) is 0 Å². The summed E-state index contributed by atoms with van der Waals surface area (Å²) in [5, 5.41) is 4.81. The van der Waals surface area contributed by atoms with E-state index in [-0.39, 0.29) is 5.70 Å². The van der Waals surface area contributed by atoms with Crippen molar-refractivity contribution in [3.05, 3.63) is 106 Å². The maximum absolute atomic E-state index is 13.0. The van der Waals surface area contributed by atoms with Gasteiger partial charge < -0.3 is 9.88 Å². The van der Waals surface area contributed by atoms with Crippen LogP contribution >= 0.6 is 23.2 Å². The lowest BCUT2D eigenvalue weighted by atomic mass is 10.1. The number of aromatic nitrogens is 1. The average Bonchev–Trinajstić information content (AvgIpc) is 3.26. The van der Waals surface area contributed by atoms with Gasteiger partial charge in [0.25, 0.3) is 5.91 Å². The molecule has 4 aromatic rings. The van der Waals surface area contributed by atoms with Gasteiger partial charge in [0.15, 0.2) is 0 Å². The molecule has 1 fully saturated rings. The van der Waals surface area contributed by atoms with Crippen LogP contribution in [0.1, 0.15) is 11.1 Å². The summed E-state index contributed by atoms with van der Waals surface area (Å²) in [5.41, 5.74) is 3.61. The highest BCUT2D eigenvalue weighted by Gasteiger charge is 2.35. The van der Waals surface area contributed by atoms with Crippen LogP contribution in [0.3, 0.4) is 0 Å². The standard InChI is InChI=1S/C25H17Cl2N3O2/c26-18-10-8-16(9-11-18)14-29-15-17(21-6-1-2-7-23(21)29)12-22-24(31)30(25(32)28-22)20-5-3-4-19(27)13-20/h1-13,15H,14H2,(H,28,32). The van der Waals surface area contributed by atoms with E-state index in [1.54, 1.807) is 30.3 Å². The van der Waals surface area contributed by atoms with Crippen LogP contribution in [0.25, 0.3) is 17.0 Å². The van der Waals surface area contributed by atoms with E-state index in [0.717, 1.165) is 26.9 Å². The molecule has 1 aliphatic heterocycles. The van der Waals surface area contributed by atoms with Crippen molar-refractivity contribution in [3.8, 4) is 0 Å². The summed E-state index contributed by atoms with van der Waals surface area (Å²) in [5.74, 6) is -0.424. The summed E-state index contributed by atoms with van der Waals surface area (Å²) in [6.07, 6.45) is 3.69. The second-order valence-electron chi connectivity index (χ2n) is 7.46. The SMILES string of the molecule is O=C1NC(=Cc2cn(Cc3ccc(Cl)cc3)c3ccccc23)C(=O)N1c1cccc(Cl)c1. The van der Waals surface area contributed by atoms with Crippen molar-refractivity contribution in [2.24, 2.45) is 0 Å². The number of hydrogen-bond acceptors (Lipinski definition) is 2. The molecule has 0 bridgehead atoms. The number of anilines is 1. The Bertz CT molecular complexity index is 1390. The van der Waals surface area contributed by atoms with Gasteiger partial charge in [-0.25, -0.2) is 9.69 Å². The lowest BCUT2D eigenvalue weighted by Crippen LogP contribution is -2.30. The van der Waals surface area contributed by atoms with Gasteiger partial charge in [-0.2, -0.15) is 0 Å². The highest BCUT2D eigenvalue weighted by atomic mass is 35.5. The molecule has 3 amide bonds. The van der Waals surface area contributed by atoms with Gasteiger partial charge in [0.2, 0.25) is 0 Å². The predicted molar refractivity (Wildman–Crippen MR) is 128 cm³/mol. The largest absolute Gasteiger partial charge is 0.342 e. The lowest BCUT2D eigenvalue weighted by Gasteiger charge is -2.11. The molecular weight excluding hydrogens is 445 g/mol. The third kappa shape index (κ3) is 3.77. The number of imide groups is 1. The van der Waals surface area contributed by atoms with Crippen molar-refractivity contribution >= 4 is 57.8 Å². The molecule has 0 radical (unpaired) electrons. The van der Waals surface area contributed by atoms with E-state index in [4.69, 9.17) is 23.2 Å². The summed E-state index contributed by atoms with van der Waals surface area (Å²) in [6.45, 7) is 0.649. The van der Waals surface area contributed by atoms with Gasteiger partial charge >= 0.3 is 6.03 Å².